The Bertz CT molecular complexity index is 445. The average Bonchev–Trinajstić information content (AvgIpc) is 3.30. The molecule has 0 radical (unpaired) electrons. The zero-order valence-electron chi connectivity index (χ0n) is 12.0. The molecule has 0 unspecified atom stereocenters. The standard InChI is InChI=1S/C17H24N2O/c18-16-10-8-15(9-11-16)17(14-4-2-1-3-5-14)19-20-12-13-6-7-13/h1-5,13,15-16H,6-12,18H2/b19-17+/t15-,16-. The number of rotatable bonds is 5. The lowest BCUT2D eigenvalue weighted by Crippen LogP contribution is -2.30. The van der Waals surface area contributed by atoms with E-state index >= 15 is 0 Å². The Labute approximate surface area is 121 Å². The largest absolute Gasteiger partial charge is 0.395 e. The molecule has 3 heteroatoms. The predicted octanol–water partition coefficient (Wildman–Crippen LogP) is 3.33. The van der Waals surface area contributed by atoms with Gasteiger partial charge in [0.25, 0.3) is 0 Å². The first-order chi connectivity index (χ1) is 9.83. The Morgan fingerprint density at radius 3 is 2.40 bits per heavy atom. The van der Waals surface area contributed by atoms with Crippen molar-refractivity contribution in [3.8, 4) is 0 Å². The number of hydrogen-bond donors (Lipinski definition) is 1. The molecule has 3 nitrogen and oxygen atoms in total. The van der Waals surface area contributed by atoms with Gasteiger partial charge in [0, 0.05) is 12.0 Å². The summed E-state index contributed by atoms with van der Waals surface area (Å²) in [5, 5.41) is 4.50. The molecule has 0 saturated heterocycles. The fraction of sp³-hybridized carbons (Fsp3) is 0.588. The van der Waals surface area contributed by atoms with Crippen LogP contribution in [0.1, 0.15) is 44.1 Å². The van der Waals surface area contributed by atoms with Gasteiger partial charge in [0.15, 0.2) is 0 Å². The van der Waals surface area contributed by atoms with Gasteiger partial charge in [0.2, 0.25) is 0 Å². The minimum Gasteiger partial charge on any atom is -0.395 e. The zero-order valence-corrected chi connectivity index (χ0v) is 12.0. The smallest absolute Gasteiger partial charge is 0.120 e. The van der Waals surface area contributed by atoms with Crippen molar-refractivity contribution in [3.63, 3.8) is 0 Å². The van der Waals surface area contributed by atoms with Crippen LogP contribution in [-0.4, -0.2) is 18.4 Å². The van der Waals surface area contributed by atoms with E-state index in [2.05, 4.69) is 29.4 Å². The van der Waals surface area contributed by atoms with Crippen molar-refractivity contribution in [3.05, 3.63) is 35.9 Å². The van der Waals surface area contributed by atoms with Crippen molar-refractivity contribution in [2.45, 2.75) is 44.6 Å². The van der Waals surface area contributed by atoms with Crippen molar-refractivity contribution < 1.29 is 4.84 Å². The molecular weight excluding hydrogens is 248 g/mol. The molecule has 0 amide bonds. The number of hydrogen-bond acceptors (Lipinski definition) is 3. The van der Waals surface area contributed by atoms with Crippen molar-refractivity contribution in [2.24, 2.45) is 22.7 Å². The Morgan fingerprint density at radius 2 is 1.75 bits per heavy atom. The minimum absolute atomic E-state index is 0.371. The Balaban J connectivity index is 1.71. The van der Waals surface area contributed by atoms with E-state index in [0.717, 1.165) is 43.9 Å². The first-order valence-electron chi connectivity index (χ1n) is 7.84. The molecule has 2 aliphatic carbocycles. The maximum Gasteiger partial charge on any atom is 0.120 e. The maximum atomic E-state index is 6.01. The second-order valence-corrected chi connectivity index (χ2v) is 6.19. The molecule has 1 aromatic carbocycles. The van der Waals surface area contributed by atoms with Crippen LogP contribution in [0.2, 0.25) is 0 Å². The number of nitrogens with two attached hydrogens (primary N) is 1. The molecule has 20 heavy (non-hydrogen) atoms. The van der Waals surface area contributed by atoms with E-state index < -0.39 is 0 Å². The molecule has 2 fully saturated rings. The summed E-state index contributed by atoms with van der Waals surface area (Å²) in [6.07, 6.45) is 7.05. The van der Waals surface area contributed by atoms with Crippen LogP contribution in [0.15, 0.2) is 35.5 Å². The summed E-state index contributed by atoms with van der Waals surface area (Å²) < 4.78 is 0. The fourth-order valence-electron chi connectivity index (χ4n) is 2.86. The van der Waals surface area contributed by atoms with Gasteiger partial charge < -0.3 is 10.6 Å². The van der Waals surface area contributed by atoms with Gasteiger partial charge in [-0.3, -0.25) is 0 Å². The molecule has 0 aliphatic heterocycles. The molecule has 108 valence electrons. The lowest BCUT2D eigenvalue weighted by Gasteiger charge is -2.27. The molecule has 0 bridgehead atoms. The van der Waals surface area contributed by atoms with Crippen LogP contribution in [-0.2, 0) is 4.84 Å². The molecule has 1 aromatic rings. The second-order valence-electron chi connectivity index (χ2n) is 6.19. The highest BCUT2D eigenvalue weighted by atomic mass is 16.6. The highest BCUT2D eigenvalue weighted by molar-refractivity contribution is 6.01. The van der Waals surface area contributed by atoms with Crippen LogP contribution >= 0.6 is 0 Å². The fourth-order valence-corrected chi connectivity index (χ4v) is 2.86. The van der Waals surface area contributed by atoms with Crippen molar-refractivity contribution in [1.82, 2.24) is 0 Å². The molecule has 0 spiro atoms. The second kappa shape index (κ2) is 6.40. The zero-order chi connectivity index (χ0) is 13.8. The predicted molar refractivity (Wildman–Crippen MR) is 81.6 cm³/mol. The third kappa shape index (κ3) is 3.60. The summed E-state index contributed by atoms with van der Waals surface area (Å²) in [5.74, 6) is 1.24. The first kappa shape index (κ1) is 13.6. The summed E-state index contributed by atoms with van der Waals surface area (Å²) in [5.41, 5.74) is 8.33. The van der Waals surface area contributed by atoms with E-state index in [1.807, 2.05) is 6.07 Å². The van der Waals surface area contributed by atoms with Gasteiger partial charge >= 0.3 is 0 Å². The Hall–Kier alpha value is -1.35. The van der Waals surface area contributed by atoms with Gasteiger partial charge in [0.05, 0.1) is 5.71 Å². The van der Waals surface area contributed by atoms with Gasteiger partial charge in [-0.1, -0.05) is 35.5 Å². The van der Waals surface area contributed by atoms with E-state index in [0.29, 0.717) is 12.0 Å². The summed E-state index contributed by atoms with van der Waals surface area (Å²) in [6.45, 7) is 0.780. The van der Waals surface area contributed by atoms with Crippen molar-refractivity contribution in [1.29, 1.82) is 0 Å². The highest BCUT2D eigenvalue weighted by Gasteiger charge is 2.25. The SMILES string of the molecule is N[C@H]1CC[C@H](/C(=N/OCC2CC2)c2ccccc2)CC1. The lowest BCUT2D eigenvalue weighted by molar-refractivity contribution is 0.132. The van der Waals surface area contributed by atoms with E-state index in [9.17, 15) is 0 Å². The molecular formula is C17H24N2O. The minimum atomic E-state index is 0.371. The lowest BCUT2D eigenvalue weighted by atomic mass is 9.81. The van der Waals surface area contributed by atoms with Crippen LogP contribution in [0, 0.1) is 11.8 Å². The number of benzene rings is 1. The highest BCUT2D eigenvalue weighted by Crippen LogP contribution is 2.30. The molecule has 0 aromatic heterocycles. The summed E-state index contributed by atoms with van der Waals surface area (Å²) >= 11 is 0. The monoisotopic (exact) mass is 272 g/mol. The molecule has 2 N–H and O–H groups in total. The average molecular weight is 272 g/mol. The third-order valence-corrected chi connectivity index (χ3v) is 4.40. The van der Waals surface area contributed by atoms with E-state index in [1.165, 1.54) is 18.4 Å². The Morgan fingerprint density at radius 1 is 1.05 bits per heavy atom. The summed E-state index contributed by atoms with van der Waals surface area (Å²) in [4.78, 5) is 5.61. The van der Waals surface area contributed by atoms with E-state index in [4.69, 9.17) is 10.6 Å². The van der Waals surface area contributed by atoms with Crippen LogP contribution in [0.3, 0.4) is 0 Å². The topological polar surface area (TPSA) is 47.6 Å². The van der Waals surface area contributed by atoms with Gasteiger partial charge in [0.1, 0.15) is 6.61 Å². The van der Waals surface area contributed by atoms with Crippen LogP contribution < -0.4 is 5.73 Å². The van der Waals surface area contributed by atoms with Gasteiger partial charge in [-0.15, -0.1) is 0 Å². The summed E-state index contributed by atoms with van der Waals surface area (Å²) in [6, 6.07) is 10.8. The maximum absolute atomic E-state index is 6.01. The van der Waals surface area contributed by atoms with E-state index in [1.54, 1.807) is 0 Å². The van der Waals surface area contributed by atoms with Gasteiger partial charge in [-0.2, -0.15) is 0 Å². The number of oxime groups is 1. The van der Waals surface area contributed by atoms with Crippen LogP contribution in [0.25, 0.3) is 0 Å². The van der Waals surface area contributed by atoms with E-state index in [-0.39, 0.29) is 0 Å². The van der Waals surface area contributed by atoms with Gasteiger partial charge in [-0.05, 0) is 50.0 Å². The number of nitrogens with zero attached hydrogens (tertiary/aromatic N) is 1. The molecule has 2 aliphatic rings. The third-order valence-electron chi connectivity index (χ3n) is 4.40. The molecule has 0 atom stereocenters. The Kier molecular flexibility index (Phi) is 4.36. The quantitative estimate of drug-likeness (QED) is 0.660. The van der Waals surface area contributed by atoms with Crippen LogP contribution in [0.4, 0.5) is 0 Å². The van der Waals surface area contributed by atoms with Crippen LogP contribution in [0.5, 0.6) is 0 Å². The van der Waals surface area contributed by atoms with Crippen molar-refractivity contribution in [2.75, 3.05) is 6.61 Å². The molecule has 2 saturated carbocycles. The van der Waals surface area contributed by atoms with Crippen molar-refractivity contribution >= 4 is 5.71 Å². The van der Waals surface area contributed by atoms with Gasteiger partial charge in [-0.25, -0.2) is 0 Å². The molecule has 3 rings (SSSR count). The normalized spacial score (nSPS) is 27.4. The molecule has 0 heterocycles. The first-order valence-corrected chi connectivity index (χ1v) is 7.84. The summed E-state index contributed by atoms with van der Waals surface area (Å²) in [7, 11) is 0.